The summed E-state index contributed by atoms with van der Waals surface area (Å²) in [5, 5.41) is 1.29. The topological polar surface area (TPSA) is 16.1 Å². The average Bonchev–Trinajstić information content (AvgIpc) is 3.02. The van der Waals surface area contributed by atoms with Crippen molar-refractivity contribution in [3.8, 4) is 0 Å². The third kappa shape index (κ3) is 1.70. The van der Waals surface area contributed by atoms with Gasteiger partial charge >= 0.3 is 0 Å². The molecular formula is C17H20N2. The van der Waals surface area contributed by atoms with Crippen LogP contribution in [0.15, 0.2) is 36.5 Å². The second-order valence-corrected chi connectivity index (χ2v) is 6.21. The van der Waals surface area contributed by atoms with Crippen LogP contribution >= 0.6 is 0 Å². The minimum absolute atomic E-state index is 0.437. The van der Waals surface area contributed by atoms with Crippen molar-refractivity contribution in [2.75, 3.05) is 19.6 Å². The zero-order chi connectivity index (χ0) is 12.9. The first kappa shape index (κ1) is 11.4. The fourth-order valence-electron chi connectivity index (χ4n) is 3.86. The smallest absolute Gasteiger partial charge is 0.0702 e. The molecule has 2 unspecified atom stereocenters. The standard InChI is InChI=1S/C17H20N2/c1-2-7-19-11-15-9-17(15,12-19)14-8-13-5-3-4-6-16(13)18-10-14/h3-6,8,10,15H,2,7,9,11-12H2,1H3. The molecule has 2 aliphatic rings. The highest BCUT2D eigenvalue weighted by Gasteiger charge is 2.60. The first-order valence-electron chi connectivity index (χ1n) is 7.39. The van der Waals surface area contributed by atoms with E-state index in [1.165, 1.54) is 43.4 Å². The number of hydrogen-bond acceptors (Lipinski definition) is 2. The molecule has 2 aromatic rings. The fraction of sp³-hybridized carbons (Fsp3) is 0.471. The van der Waals surface area contributed by atoms with Gasteiger partial charge in [0.25, 0.3) is 0 Å². The normalized spacial score (nSPS) is 29.6. The average molecular weight is 252 g/mol. The lowest BCUT2D eigenvalue weighted by molar-refractivity contribution is 0.299. The van der Waals surface area contributed by atoms with Crippen LogP contribution in [-0.2, 0) is 5.41 Å². The molecular weight excluding hydrogens is 232 g/mol. The predicted molar refractivity (Wildman–Crippen MR) is 78.3 cm³/mol. The molecule has 2 atom stereocenters. The predicted octanol–water partition coefficient (Wildman–Crippen LogP) is 3.22. The number of benzene rings is 1. The number of hydrogen-bond donors (Lipinski definition) is 0. The van der Waals surface area contributed by atoms with Gasteiger partial charge in [-0.05, 0) is 43.0 Å². The molecule has 0 amide bonds. The van der Waals surface area contributed by atoms with E-state index in [2.05, 4.69) is 53.3 Å². The summed E-state index contributed by atoms with van der Waals surface area (Å²) < 4.78 is 0. The number of piperidine rings is 1. The van der Waals surface area contributed by atoms with Crippen LogP contribution in [0.3, 0.4) is 0 Å². The quantitative estimate of drug-likeness (QED) is 0.834. The number of rotatable bonds is 3. The molecule has 1 aromatic heterocycles. The zero-order valence-electron chi connectivity index (χ0n) is 11.5. The zero-order valence-corrected chi connectivity index (χ0v) is 11.5. The van der Waals surface area contributed by atoms with Crippen LogP contribution in [0.1, 0.15) is 25.3 Å². The van der Waals surface area contributed by atoms with Gasteiger partial charge in [0.2, 0.25) is 0 Å². The minimum Gasteiger partial charge on any atom is -0.302 e. The highest BCUT2D eigenvalue weighted by Crippen LogP contribution is 2.59. The highest BCUT2D eigenvalue weighted by molar-refractivity contribution is 5.79. The third-order valence-electron chi connectivity index (χ3n) is 4.92. The summed E-state index contributed by atoms with van der Waals surface area (Å²) in [5.74, 6) is 0.877. The molecule has 0 bridgehead atoms. The van der Waals surface area contributed by atoms with Crippen molar-refractivity contribution < 1.29 is 0 Å². The van der Waals surface area contributed by atoms with Crippen LogP contribution in [0.5, 0.6) is 0 Å². The van der Waals surface area contributed by atoms with Gasteiger partial charge in [-0.15, -0.1) is 0 Å². The van der Waals surface area contributed by atoms with Crippen molar-refractivity contribution in [3.05, 3.63) is 42.1 Å². The van der Waals surface area contributed by atoms with Crippen molar-refractivity contribution in [3.63, 3.8) is 0 Å². The maximum Gasteiger partial charge on any atom is 0.0702 e. The number of fused-ring (bicyclic) bond motifs is 2. The van der Waals surface area contributed by atoms with Gasteiger partial charge in [0.15, 0.2) is 0 Å². The van der Waals surface area contributed by atoms with Crippen LogP contribution in [-0.4, -0.2) is 29.5 Å². The van der Waals surface area contributed by atoms with E-state index >= 15 is 0 Å². The van der Waals surface area contributed by atoms with Gasteiger partial charge < -0.3 is 4.90 Å². The summed E-state index contributed by atoms with van der Waals surface area (Å²) in [5.41, 5.74) is 3.02. The van der Waals surface area contributed by atoms with E-state index < -0.39 is 0 Å². The first-order chi connectivity index (χ1) is 9.32. The Labute approximate surface area is 114 Å². The summed E-state index contributed by atoms with van der Waals surface area (Å²) in [4.78, 5) is 7.28. The van der Waals surface area contributed by atoms with Crippen LogP contribution in [0.4, 0.5) is 0 Å². The van der Waals surface area contributed by atoms with E-state index in [1.54, 1.807) is 0 Å². The lowest BCUT2D eigenvalue weighted by atomic mass is 9.95. The van der Waals surface area contributed by atoms with Crippen molar-refractivity contribution in [2.45, 2.75) is 25.2 Å². The van der Waals surface area contributed by atoms with Crippen molar-refractivity contribution in [1.82, 2.24) is 9.88 Å². The van der Waals surface area contributed by atoms with Gasteiger partial charge in [0.1, 0.15) is 0 Å². The third-order valence-corrected chi connectivity index (χ3v) is 4.92. The molecule has 4 rings (SSSR count). The van der Waals surface area contributed by atoms with E-state index in [9.17, 15) is 0 Å². The number of para-hydroxylation sites is 1. The molecule has 1 saturated carbocycles. The Hall–Kier alpha value is -1.41. The molecule has 0 N–H and O–H groups in total. The monoisotopic (exact) mass is 252 g/mol. The molecule has 1 aliphatic heterocycles. The summed E-state index contributed by atoms with van der Waals surface area (Å²) in [7, 11) is 0. The fourth-order valence-corrected chi connectivity index (χ4v) is 3.86. The highest BCUT2D eigenvalue weighted by atomic mass is 15.2. The van der Waals surface area contributed by atoms with E-state index in [4.69, 9.17) is 0 Å². The SMILES string of the molecule is CCCN1CC2CC2(c2cnc3ccccc3c2)C1. The Morgan fingerprint density at radius 1 is 1.37 bits per heavy atom. The molecule has 0 radical (unpaired) electrons. The Balaban J connectivity index is 1.68. The minimum atomic E-state index is 0.437. The van der Waals surface area contributed by atoms with Gasteiger partial charge in [-0.2, -0.15) is 0 Å². The van der Waals surface area contributed by atoms with Crippen LogP contribution in [0.25, 0.3) is 10.9 Å². The molecule has 1 aromatic carbocycles. The van der Waals surface area contributed by atoms with Crippen LogP contribution in [0.2, 0.25) is 0 Å². The van der Waals surface area contributed by atoms with E-state index in [-0.39, 0.29) is 0 Å². The Morgan fingerprint density at radius 3 is 3.16 bits per heavy atom. The van der Waals surface area contributed by atoms with Gasteiger partial charge in [-0.1, -0.05) is 25.1 Å². The Bertz CT molecular complexity index is 621. The van der Waals surface area contributed by atoms with E-state index in [0.717, 1.165) is 11.4 Å². The van der Waals surface area contributed by atoms with Gasteiger partial charge in [0, 0.05) is 30.1 Å². The molecule has 98 valence electrons. The van der Waals surface area contributed by atoms with Gasteiger partial charge in [0.05, 0.1) is 5.52 Å². The summed E-state index contributed by atoms with van der Waals surface area (Å²) >= 11 is 0. The van der Waals surface area contributed by atoms with Crippen molar-refractivity contribution >= 4 is 10.9 Å². The first-order valence-corrected chi connectivity index (χ1v) is 7.39. The number of pyridine rings is 1. The summed E-state index contributed by atoms with van der Waals surface area (Å²) in [6, 6.07) is 10.8. The molecule has 2 nitrogen and oxygen atoms in total. The number of aromatic nitrogens is 1. The van der Waals surface area contributed by atoms with Gasteiger partial charge in [-0.25, -0.2) is 0 Å². The second kappa shape index (κ2) is 4.04. The van der Waals surface area contributed by atoms with Gasteiger partial charge in [-0.3, -0.25) is 4.98 Å². The molecule has 19 heavy (non-hydrogen) atoms. The Kier molecular flexibility index (Phi) is 2.43. The molecule has 1 aliphatic carbocycles. The van der Waals surface area contributed by atoms with Crippen molar-refractivity contribution in [2.24, 2.45) is 5.92 Å². The second-order valence-electron chi connectivity index (χ2n) is 6.21. The lowest BCUT2D eigenvalue weighted by Crippen LogP contribution is -2.27. The summed E-state index contributed by atoms with van der Waals surface area (Å²) in [6.45, 7) is 6.06. The largest absolute Gasteiger partial charge is 0.302 e. The van der Waals surface area contributed by atoms with E-state index in [1.807, 2.05) is 0 Å². The van der Waals surface area contributed by atoms with Crippen LogP contribution in [0, 0.1) is 5.92 Å². The molecule has 1 saturated heterocycles. The van der Waals surface area contributed by atoms with Crippen molar-refractivity contribution in [1.29, 1.82) is 0 Å². The number of likely N-dealkylation sites (tertiary alicyclic amines) is 1. The maximum atomic E-state index is 4.65. The summed E-state index contributed by atoms with van der Waals surface area (Å²) in [6.07, 6.45) is 4.75. The molecule has 2 fully saturated rings. The molecule has 2 heterocycles. The van der Waals surface area contributed by atoms with Crippen LogP contribution < -0.4 is 0 Å². The molecule has 2 heteroatoms. The number of nitrogens with zero attached hydrogens (tertiary/aromatic N) is 2. The maximum absolute atomic E-state index is 4.65. The lowest BCUT2D eigenvalue weighted by Gasteiger charge is -2.20. The van der Waals surface area contributed by atoms with E-state index in [0.29, 0.717) is 5.41 Å². The Morgan fingerprint density at radius 2 is 2.26 bits per heavy atom. The molecule has 0 spiro atoms.